The van der Waals surface area contributed by atoms with Crippen LogP contribution in [0, 0.1) is 0 Å². The number of halogens is 1. The van der Waals surface area contributed by atoms with E-state index in [2.05, 4.69) is 17.4 Å². The van der Waals surface area contributed by atoms with Crippen molar-refractivity contribution in [3.05, 3.63) is 80.5 Å². The molecule has 1 aliphatic carbocycles. The largest absolute Gasteiger partial charge is 0.298 e. The number of carbonyl (C=O) groups excluding carboxylic acids is 2. The van der Waals surface area contributed by atoms with Crippen LogP contribution >= 0.6 is 35.2 Å². The van der Waals surface area contributed by atoms with E-state index in [4.69, 9.17) is 23.8 Å². The first-order valence-electron chi connectivity index (χ1n) is 8.89. The number of anilines is 1. The zero-order valence-electron chi connectivity index (χ0n) is 14.9. The molecule has 1 fully saturated rings. The van der Waals surface area contributed by atoms with Gasteiger partial charge in [0.2, 0.25) is 0 Å². The van der Waals surface area contributed by atoms with E-state index in [9.17, 15) is 9.59 Å². The van der Waals surface area contributed by atoms with Gasteiger partial charge in [-0.2, -0.15) is 0 Å². The molecule has 2 amide bonds. The fraction of sp³-hybridized carbons (Fsp3) is 0.0455. The Kier molecular flexibility index (Phi) is 4.35. The van der Waals surface area contributed by atoms with Gasteiger partial charge in [-0.1, -0.05) is 35.9 Å². The van der Waals surface area contributed by atoms with Gasteiger partial charge in [-0.3, -0.25) is 19.8 Å². The minimum Gasteiger partial charge on any atom is -0.298 e. The number of benzene rings is 2. The molecule has 0 radical (unpaired) electrons. The predicted molar refractivity (Wildman–Crippen MR) is 120 cm³/mol. The summed E-state index contributed by atoms with van der Waals surface area (Å²) in [7, 11) is 0. The molecule has 0 spiro atoms. The highest BCUT2D eigenvalue weighted by atomic mass is 35.5. The van der Waals surface area contributed by atoms with E-state index in [1.807, 2.05) is 18.2 Å². The van der Waals surface area contributed by atoms with Crippen molar-refractivity contribution in [3.63, 3.8) is 0 Å². The van der Waals surface area contributed by atoms with Crippen molar-refractivity contribution in [1.82, 2.24) is 5.32 Å². The smallest absolute Gasteiger partial charge is 0.270 e. The maximum absolute atomic E-state index is 13.1. The summed E-state index contributed by atoms with van der Waals surface area (Å²) < 4.78 is 0. The highest BCUT2D eigenvalue weighted by Gasteiger charge is 2.34. The Morgan fingerprint density at radius 2 is 1.83 bits per heavy atom. The number of hydrogen-bond acceptors (Lipinski definition) is 4. The van der Waals surface area contributed by atoms with Gasteiger partial charge in [-0.25, -0.2) is 0 Å². The first-order chi connectivity index (χ1) is 14.0. The topological polar surface area (TPSA) is 49.4 Å². The molecule has 1 aliphatic heterocycles. The van der Waals surface area contributed by atoms with Crippen molar-refractivity contribution in [3.8, 4) is 11.1 Å². The molecular weight excluding hydrogens is 424 g/mol. The Morgan fingerprint density at radius 3 is 2.62 bits per heavy atom. The molecule has 3 aromatic rings. The van der Waals surface area contributed by atoms with Gasteiger partial charge < -0.3 is 0 Å². The van der Waals surface area contributed by atoms with E-state index in [0.29, 0.717) is 10.7 Å². The second-order valence-electron chi connectivity index (χ2n) is 6.75. The number of carbonyl (C=O) groups is 2. The monoisotopic (exact) mass is 436 g/mol. The van der Waals surface area contributed by atoms with E-state index in [1.165, 1.54) is 26.5 Å². The fourth-order valence-electron chi connectivity index (χ4n) is 3.61. The van der Waals surface area contributed by atoms with E-state index in [0.717, 1.165) is 11.3 Å². The zero-order chi connectivity index (χ0) is 20.1. The molecule has 0 saturated carbocycles. The molecule has 29 heavy (non-hydrogen) atoms. The third-order valence-corrected chi connectivity index (χ3v) is 6.58. The summed E-state index contributed by atoms with van der Waals surface area (Å²) in [5.74, 6) is -0.936. The van der Waals surface area contributed by atoms with Crippen LogP contribution in [0.5, 0.6) is 0 Å². The van der Waals surface area contributed by atoms with Gasteiger partial charge in [-0.15, -0.1) is 11.3 Å². The summed E-state index contributed by atoms with van der Waals surface area (Å²) in [6.07, 6.45) is 2.52. The van der Waals surface area contributed by atoms with Crippen LogP contribution in [0.25, 0.3) is 17.2 Å². The minimum atomic E-state index is -0.487. The third kappa shape index (κ3) is 3.09. The van der Waals surface area contributed by atoms with E-state index in [-0.39, 0.29) is 10.7 Å². The van der Waals surface area contributed by atoms with Crippen LogP contribution in [0.1, 0.15) is 15.3 Å². The first kappa shape index (κ1) is 18.2. The van der Waals surface area contributed by atoms with Crippen LogP contribution in [0.15, 0.2) is 60.2 Å². The molecule has 2 heterocycles. The fourth-order valence-corrected chi connectivity index (χ4v) is 5.17. The number of hydrogen-bond donors (Lipinski definition) is 1. The molecular formula is C22H13ClN2O2S2. The van der Waals surface area contributed by atoms with E-state index < -0.39 is 11.8 Å². The Labute approximate surface area is 181 Å². The lowest BCUT2D eigenvalue weighted by molar-refractivity contribution is -0.122. The molecule has 2 aromatic carbocycles. The van der Waals surface area contributed by atoms with Crippen LogP contribution in [-0.2, 0) is 16.0 Å². The average Bonchev–Trinajstić information content (AvgIpc) is 3.24. The summed E-state index contributed by atoms with van der Waals surface area (Å²) in [5, 5.41) is 3.22. The maximum atomic E-state index is 13.1. The zero-order valence-corrected chi connectivity index (χ0v) is 17.3. The second kappa shape index (κ2) is 6.91. The van der Waals surface area contributed by atoms with Gasteiger partial charge in [0.05, 0.1) is 5.69 Å². The summed E-state index contributed by atoms with van der Waals surface area (Å²) >= 11 is 12.8. The molecule has 7 heteroatoms. The van der Waals surface area contributed by atoms with Gasteiger partial charge in [0, 0.05) is 21.2 Å². The van der Waals surface area contributed by atoms with Crippen molar-refractivity contribution in [2.24, 2.45) is 0 Å². The van der Waals surface area contributed by atoms with Gasteiger partial charge in [0.15, 0.2) is 5.11 Å². The first-order valence-corrected chi connectivity index (χ1v) is 10.5. The van der Waals surface area contributed by atoms with E-state index >= 15 is 0 Å². The van der Waals surface area contributed by atoms with Crippen molar-refractivity contribution in [2.75, 3.05) is 4.90 Å². The highest BCUT2D eigenvalue weighted by Crippen LogP contribution is 2.42. The number of thiophene rings is 1. The SMILES string of the molecule is O=C1NC(=S)N(c2ccc(Cl)cc2)C(=O)C1=Cc1cc2c(s1)Cc1ccccc1-2. The van der Waals surface area contributed by atoms with Gasteiger partial charge in [0.1, 0.15) is 5.57 Å². The number of thiocarbonyl (C=S) groups is 1. The molecule has 0 bridgehead atoms. The molecule has 4 nitrogen and oxygen atoms in total. The number of nitrogens with zero attached hydrogens (tertiary/aromatic N) is 1. The molecule has 1 N–H and O–H groups in total. The predicted octanol–water partition coefficient (Wildman–Crippen LogP) is 4.80. The Balaban J connectivity index is 1.52. The van der Waals surface area contributed by atoms with Crippen molar-refractivity contribution >= 4 is 63.8 Å². The van der Waals surface area contributed by atoms with E-state index in [1.54, 1.807) is 41.7 Å². The normalized spacial score (nSPS) is 16.8. The highest BCUT2D eigenvalue weighted by molar-refractivity contribution is 7.80. The lowest BCUT2D eigenvalue weighted by Gasteiger charge is -2.28. The average molecular weight is 437 g/mol. The van der Waals surface area contributed by atoms with Crippen LogP contribution in [-0.4, -0.2) is 16.9 Å². The second-order valence-corrected chi connectivity index (χ2v) is 8.75. The lowest BCUT2D eigenvalue weighted by atomic mass is 10.1. The minimum absolute atomic E-state index is 0.0572. The summed E-state index contributed by atoms with van der Waals surface area (Å²) in [6, 6.07) is 17.1. The number of fused-ring (bicyclic) bond motifs is 3. The quantitative estimate of drug-likeness (QED) is 0.279. The Morgan fingerprint density at radius 1 is 1.07 bits per heavy atom. The van der Waals surface area contributed by atoms with Gasteiger partial charge in [-0.05, 0) is 65.3 Å². The summed E-state index contributed by atoms with van der Waals surface area (Å²) in [5.41, 5.74) is 4.30. The standard InChI is InChI=1S/C22H13ClN2O2S2/c23-13-5-7-14(8-6-13)25-21(27)18(20(26)24-22(25)28)11-15-10-17-16-4-2-1-3-12(16)9-19(17)29-15/h1-8,10-11H,9H2,(H,24,26,28). The van der Waals surface area contributed by atoms with Crippen molar-refractivity contribution in [2.45, 2.75) is 6.42 Å². The van der Waals surface area contributed by atoms with Crippen LogP contribution in [0.3, 0.4) is 0 Å². The Bertz CT molecular complexity index is 1230. The van der Waals surface area contributed by atoms with Crippen LogP contribution in [0.2, 0.25) is 5.02 Å². The van der Waals surface area contributed by atoms with Gasteiger partial charge >= 0.3 is 0 Å². The molecule has 2 aliphatic rings. The van der Waals surface area contributed by atoms with Crippen LogP contribution < -0.4 is 10.2 Å². The van der Waals surface area contributed by atoms with Crippen molar-refractivity contribution < 1.29 is 9.59 Å². The number of amides is 2. The van der Waals surface area contributed by atoms with Gasteiger partial charge in [0.25, 0.3) is 11.8 Å². The van der Waals surface area contributed by atoms with Crippen LogP contribution in [0.4, 0.5) is 5.69 Å². The lowest BCUT2D eigenvalue weighted by Crippen LogP contribution is -2.54. The molecule has 1 saturated heterocycles. The molecule has 0 unspecified atom stereocenters. The molecule has 142 valence electrons. The summed E-state index contributed by atoms with van der Waals surface area (Å²) in [6.45, 7) is 0. The van der Waals surface area contributed by atoms with Crippen molar-refractivity contribution in [1.29, 1.82) is 0 Å². The Hall–Kier alpha value is -2.80. The maximum Gasteiger partial charge on any atom is 0.270 e. The molecule has 1 aromatic heterocycles. The molecule has 5 rings (SSSR count). The number of rotatable bonds is 2. The third-order valence-electron chi connectivity index (χ3n) is 4.96. The summed E-state index contributed by atoms with van der Waals surface area (Å²) in [4.78, 5) is 29.0. The number of nitrogens with one attached hydrogen (secondary N) is 1. The molecule has 0 atom stereocenters.